The number of hydrogen-bond acceptors (Lipinski definition) is 4. The summed E-state index contributed by atoms with van der Waals surface area (Å²) in [6.07, 6.45) is 2.98. The van der Waals surface area contributed by atoms with Gasteiger partial charge in [0.05, 0.1) is 5.69 Å². The zero-order valence-electron chi connectivity index (χ0n) is 10.1. The number of rotatable bonds is 7. The lowest BCUT2D eigenvalue weighted by Gasteiger charge is -2.14. The highest BCUT2D eigenvalue weighted by Crippen LogP contribution is 2.06. The van der Waals surface area contributed by atoms with E-state index >= 15 is 0 Å². The molecule has 1 N–H and O–H groups in total. The van der Waals surface area contributed by atoms with Gasteiger partial charge >= 0.3 is 0 Å². The number of aromatic nitrogens is 2. The maximum atomic E-state index is 4.17. The second-order valence-corrected chi connectivity index (χ2v) is 3.73. The normalized spacial score (nSPS) is 10.1. The summed E-state index contributed by atoms with van der Waals surface area (Å²) < 4.78 is 0. The van der Waals surface area contributed by atoms with Gasteiger partial charge in [0.2, 0.25) is 0 Å². The molecule has 88 valence electrons. The Hall–Kier alpha value is -1.42. The van der Waals surface area contributed by atoms with Gasteiger partial charge in [-0.3, -0.25) is 0 Å². The van der Waals surface area contributed by atoms with Gasteiger partial charge < -0.3 is 10.2 Å². The van der Waals surface area contributed by atoms with Crippen LogP contribution in [0.5, 0.6) is 0 Å². The third-order valence-electron chi connectivity index (χ3n) is 2.23. The number of likely N-dealkylation sites (N-methyl/N-ethyl adjacent to an activating group) is 1. The van der Waals surface area contributed by atoms with Crippen molar-refractivity contribution in [2.24, 2.45) is 0 Å². The average molecular weight is 220 g/mol. The zero-order valence-corrected chi connectivity index (χ0v) is 10.1. The van der Waals surface area contributed by atoms with Crippen LogP contribution in [0.25, 0.3) is 0 Å². The summed E-state index contributed by atoms with van der Waals surface area (Å²) in [6.45, 7) is 8.42. The first-order valence-electron chi connectivity index (χ1n) is 5.63. The van der Waals surface area contributed by atoms with Crippen molar-refractivity contribution < 1.29 is 0 Å². The molecule has 1 aromatic rings. The van der Waals surface area contributed by atoms with Crippen molar-refractivity contribution in [3.05, 3.63) is 30.5 Å². The van der Waals surface area contributed by atoms with E-state index in [4.69, 9.17) is 0 Å². The minimum atomic E-state index is 0.780. The SMILES string of the molecule is C=CCN(C)c1ccc(CNCCC)nn1. The number of nitrogens with one attached hydrogen (secondary N) is 1. The van der Waals surface area contributed by atoms with Gasteiger partial charge in [-0.2, -0.15) is 5.10 Å². The molecule has 4 nitrogen and oxygen atoms in total. The Morgan fingerprint density at radius 1 is 1.44 bits per heavy atom. The van der Waals surface area contributed by atoms with Crippen LogP contribution in [0.1, 0.15) is 19.0 Å². The molecular weight excluding hydrogens is 200 g/mol. The van der Waals surface area contributed by atoms with Crippen LogP contribution in [0, 0.1) is 0 Å². The maximum absolute atomic E-state index is 4.17. The van der Waals surface area contributed by atoms with Crippen molar-refractivity contribution in [3.63, 3.8) is 0 Å². The highest BCUT2D eigenvalue weighted by atomic mass is 15.2. The molecule has 0 saturated carbocycles. The van der Waals surface area contributed by atoms with Gasteiger partial charge in [-0.25, -0.2) is 0 Å². The Balaban J connectivity index is 2.50. The fraction of sp³-hybridized carbons (Fsp3) is 0.500. The molecule has 16 heavy (non-hydrogen) atoms. The molecule has 0 aromatic carbocycles. The molecule has 0 spiro atoms. The first-order chi connectivity index (χ1) is 7.77. The van der Waals surface area contributed by atoms with Crippen LogP contribution in [-0.4, -0.2) is 30.3 Å². The molecule has 0 aliphatic rings. The van der Waals surface area contributed by atoms with Crippen molar-refractivity contribution in [2.75, 3.05) is 25.0 Å². The summed E-state index contributed by atoms with van der Waals surface area (Å²) in [5.41, 5.74) is 0.976. The van der Waals surface area contributed by atoms with Gasteiger partial charge in [0.15, 0.2) is 5.82 Å². The Labute approximate surface area is 97.4 Å². The molecule has 0 radical (unpaired) electrons. The standard InChI is InChI=1S/C12H20N4/c1-4-8-13-10-11-6-7-12(15-14-11)16(3)9-5-2/h5-7,13H,2,4,8-10H2,1,3H3. The lowest BCUT2D eigenvalue weighted by molar-refractivity contribution is 0.656. The minimum Gasteiger partial charge on any atom is -0.354 e. The Morgan fingerprint density at radius 2 is 2.25 bits per heavy atom. The summed E-state index contributed by atoms with van der Waals surface area (Å²) in [6, 6.07) is 3.99. The Bertz CT molecular complexity index is 307. The number of hydrogen-bond donors (Lipinski definition) is 1. The van der Waals surface area contributed by atoms with Crippen LogP contribution >= 0.6 is 0 Å². The monoisotopic (exact) mass is 220 g/mol. The maximum Gasteiger partial charge on any atom is 0.151 e. The molecular formula is C12H20N4. The number of nitrogens with zero attached hydrogens (tertiary/aromatic N) is 3. The third kappa shape index (κ3) is 3.98. The summed E-state index contributed by atoms with van der Waals surface area (Å²) in [5, 5.41) is 11.6. The summed E-state index contributed by atoms with van der Waals surface area (Å²) in [5.74, 6) is 0.874. The van der Waals surface area contributed by atoms with Crippen molar-refractivity contribution in [1.82, 2.24) is 15.5 Å². The van der Waals surface area contributed by atoms with Gasteiger partial charge in [0.25, 0.3) is 0 Å². The van der Waals surface area contributed by atoms with E-state index in [-0.39, 0.29) is 0 Å². The first-order valence-corrected chi connectivity index (χ1v) is 5.63. The molecule has 4 heteroatoms. The predicted octanol–water partition coefficient (Wildman–Crippen LogP) is 1.60. The fourth-order valence-corrected chi connectivity index (χ4v) is 1.33. The summed E-state index contributed by atoms with van der Waals surface area (Å²) in [7, 11) is 1.97. The highest BCUT2D eigenvalue weighted by molar-refractivity contribution is 5.36. The van der Waals surface area contributed by atoms with Crippen LogP contribution in [0.2, 0.25) is 0 Å². The van der Waals surface area contributed by atoms with Crippen LogP contribution in [-0.2, 0) is 6.54 Å². The second-order valence-electron chi connectivity index (χ2n) is 3.73. The van der Waals surface area contributed by atoms with E-state index in [1.807, 2.05) is 30.2 Å². The molecule has 0 unspecified atom stereocenters. The van der Waals surface area contributed by atoms with Crippen LogP contribution in [0.3, 0.4) is 0 Å². The van der Waals surface area contributed by atoms with Crippen molar-refractivity contribution in [3.8, 4) is 0 Å². The van der Waals surface area contributed by atoms with E-state index in [2.05, 4.69) is 29.0 Å². The van der Waals surface area contributed by atoms with Gasteiger partial charge in [0.1, 0.15) is 0 Å². The van der Waals surface area contributed by atoms with Gasteiger partial charge in [0, 0.05) is 20.1 Å². The molecule has 0 atom stereocenters. The van der Waals surface area contributed by atoms with E-state index in [0.717, 1.165) is 37.6 Å². The van der Waals surface area contributed by atoms with Crippen LogP contribution < -0.4 is 10.2 Å². The predicted molar refractivity (Wildman–Crippen MR) is 67.5 cm³/mol. The van der Waals surface area contributed by atoms with E-state index in [9.17, 15) is 0 Å². The fourth-order valence-electron chi connectivity index (χ4n) is 1.33. The highest BCUT2D eigenvalue weighted by Gasteiger charge is 2.01. The Kier molecular flexibility index (Phi) is 5.50. The Morgan fingerprint density at radius 3 is 2.81 bits per heavy atom. The quantitative estimate of drug-likeness (QED) is 0.560. The largest absolute Gasteiger partial charge is 0.354 e. The molecule has 1 heterocycles. The van der Waals surface area contributed by atoms with E-state index in [1.54, 1.807) is 0 Å². The average Bonchev–Trinajstić information content (AvgIpc) is 2.30. The van der Waals surface area contributed by atoms with Crippen molar-refractivity contribution in [2.45, 2.75) is 19.9 Å². The minimum absolute atomic E-state index is 0.780. The smallest absolute Gasteiger partial charge is 0.151 e. The molecule has 1 rings (SSSR count). The van der Waals surface area contributed by atoms with Gasteiger partial charge in [-0.05, 0) is 25.1 Å². The van der Waals surface area contributed by atoms with Gasteiger partial charge in [-0.15, -0.1) is 11.7 Å². The molecule has 0 bridgehead atoms. The van der Waals surface area contributed by atoms with Gasteiger partial charge in [-0.1, -0.05) is 13.0 Å². The molecule has 0 fully saturated rings. The van der Waals surface area contributed by atoms with E-state index in [0.29, 0.717) is 0 Å². The molecule has 1 aromatic heterocycles. The molecule has 0 amide bonds. The molecule has 0 aliphatic carbocycles. The third-order valence-corrected chi connectivity index (χ3v) is 2.23. The van der Waals surface area contributed by atoms with E-state index in [1.165, 1.54) is 0 Å². The van der Waals surface area contributed by atoms with Crippen LogP contribution in [0.15, 0.2) is 24.8 Å². The van der Waals surface area contributed by atoms with Crippen molar-refractivity contribution in [1.29, 1.82) is 0 Å². The zero-order chi connectivity index (χ0) is 11.8. The topological polar surface area (TPSA) is 41.0 Å². The first kappa shape index (κ1) is 12.6. The molecule has 0 aliphatic heterocycles. The summed E-state index contributed by atoms with van der Waals surface area (Å²) >= 11 is 0. The second kappa shape index (κ2) is 6.95. The molecule has 0 saturated heterocycles. The lowest BCUT2D eigenvalue weighted by atomic mass is 10.3. The number of anilines is 1. The summed E-state index contributed by atoms with van der Waals surface area (Å²) in [4.78, 5) is 2.00. The lowest BCUT2D eigenvalue weighted by Crippen LogP contribution is -2.19. The van der Waals surface area contributed by atoms with E-state index < -0.39 is 0 Å². The van der Waals surface area contributed by atoms with Crippen LogP contribution in [0.4, 0.5) is 5.82 Å². The van der Waals surface area contributed by atoms with Crippen molar-refractivity contribution >= 4 is 5.82 Å².